The summed E-state index contributed by atoms with van der Waals surface area (Å²) in [7, 11) is 1.58. The Bertz CT molecular complexity index is 745. The maximum absolute atomic E-state index is 12.1. The van der Waals surface area contributed by atoms with Gasteiger partial charge >= 0.3 is 5.97 Å². The van der Waals surface area contributed by atoms with E-state index in [4.69, 9.17) is 9.84 Å². The van der Waals surface area contributed by atoms with E-state index in [1.807, 2.05) is 12.1 Å². The smallest absolute Gasteiger partial charge is 0.308 e. The SMILES string of the molecule is COc1ccc(-c2nc(NC(=O)C(C)(C)C)sc2CC(=O)O)cc1. The van der Waals surface area contributed by atoms with Crippen molar-refractivity contribution < 1.29 is 19.4 Å². The van der Waals surface area contributed by atoms with E-state index in [1.165, 1.54) is 11.3 Å². The number of aliphatic carboxylic acids is 1. The van der Waals surface area contributed by atoms with Gasteiger partial charge in [0, 0.05) is 15.9 Å². The average Bonchev–Trinajstić information content (AvgIpc) is 2.88. The van der Waals surface area contributed by atoms with E-state index < -0.39 is 11.4 Å². The molecule has 24 heavy (non-hydrogen) atoms. The number of anilines is 1. The van der Waals surface area contributed by atoms with Crippen LogP contribution < -0.4 is 10.1 Å². The highest BCUT2D eigenvalue weighted by atomic mass is 32.1. The molecular formula is C17H20N2O4S. The molecule has 1 amide bonds. The minimum atomic E-state index is -0.942. The van der Waals surface area contributed by atoms with Gasteiger partial charge in [0.2, 0.25) is 5.91 Å². The maximum atomic E-state index is 12.1. The van der Waals surface area contributed by atoms with Crippen LogP contribution in [0.2, 0.25) is 0 Å². The number of thiazole rings is 1. The molecule has 0 spiro atoms. The van der Waals surface area contributed by atoms with Gasteiger partial charge in [0.15, 0.2) is 5.13 Å². The Kier molecular flexibility index (Phi) is 5.23. The number of carbonyl (C=O) groups is 2. The molecule has 7 heteroatoms. The highest BCUT2D eigenvalue weighted by Gasteiger charge is 2.24. The predicted molar refractivity (Wildman–Crippen MR) is 93.5 cm³/mol. The van der Waals surface area contributed by atoms with E-state index in [9.17, 15) is 9.59 Å². The van der Waals surface area contributed by atoms with Crippen LogP contribution in [0.5, 0.6) is 5.75 Å². The lowest BCUT2D eigenvalue weighted by atomic mass is 9.96. The van der Waals surface area contributed by atoms with E-state index in [-0.39, 0.29) is 12.3 Å². The summed E-state index contributed by atoms with van der Waals surface area (Å²) in [6, 6.07) is 7.20. The van der Waals surface area contributed by atoms with E-state index in [0.29, 0.717) is 21.5 Å². The summed E-state index contributed by atoms with van der Waals surface area (Å²) in [5, 5.41) is 12.3. The zero-order chi connectivity index (χ0) is 17.9. The Morgan fingerprint density at radius 2 is 1.88 bits per heavy atom. The number of nitrogens with one attached hydrogen (secondary N) is 1. The monoisotopic (exact) mass is 348 g/mol. The van der Waals surface area contributed by atoms with Gasteiger partial charge in [-0.2, -0.15) is 0 Å². The van der Waals surface area contributed by atoms with Crippen molar-refractivity contribution in [3.63, 3.8) is 0 Å². The van der Waals surface area contributed by atoms with Crippen LogP contribution in [0.25, 0.3) is 11.3 Å². The summed E-state index contributed by atoms with van der Waals surface area (Å²) < 4.78 is 5.13. The van der Waals surface area contributed by atoms with Gasteiger partial charge < -0.3 is 15.2 Å². The Morgan fingerprint density at radius 1 is 1.25 bits per heavy atom. The Labute approximate surface area is 144 Å². The molecule has 0 aliphatic carbocycles. The molecule has 0 aliphatic heterocycles. The fourth-order valence-corrected chi connectivity index (χ4v) is 2.89. The van der Waals surface area contributed by atoms with Gasteiger partial charge in [-0.15, -0.1) is 11.3 Å². The van der Waals surface area contributed by atoms with Crippen LogP contribution in [0.3, 0.4) is 0 Å². The lowest BCUT2D eigenvalue weighted by Crippen LogP contribution is -2.27. The van der Waals surface area contributed by atoms with Crippen molar-refractivity contribution in [1.82, 2.24) is 4.98 Å². The van der Waals surface area contributed by atoms with E-state index in [1.54, 1.807) is 40.0 Å². The number of benzene rings is 1. The first-order valence-corrected chi connectivity index (χ1v) is 8.19. The Hall–Kier alpha value is -2.41. The number of carbonyl (C=O) groups excluding carboxylic acids is 1. The van der Waals surface area contributed by atoms with Crippen molar-refractivity contribution in [2.45, 2.75) is 27.2 Å². The number of aromatic nitrogens is 1. The van der Waals surface area contributed by atoms with Crippen LogP contribution in [0.15, 0.2) is 24.3 Å². The number of hydrogen-bond acceptors (Lipinski definition) is 5. The number of rotatable bonds is 5. The fraction of sp³-hybridized carbons (Fsp3) is 0.353. The van der Waals surface area contributed by atoms with Gasteiger partial charge in [0.1, 0.15) is 5.75 Å². The molecular weight excluding hydrogens is 328 g/mol. The zero-order valence-corrected chi connectivity index (χ0v) is 14.9. The molecule has 2 aromatic rings. The molecule has 6 nitrogen and oxygen atoms in total. The summed E-state index contributed by atoms with van der Waals surface area (Å²) in [6.45, 7) is 5.41. The second-order valence-electron chi connectivity index (χ2n) is 6.29. The molecule has 0 atom stereocenters. The second-order valence-corrected chi connectivity index (χ2v) is 7.38. The molecule has 0 bridgehead atoms. The molecule has 1 aromatic heterocycles. The molecule has 0 saturated carbocycles. The molecule has 1 aromatic carbocycles. The predicted octanol–water partition coefficient (Wildman–Crippen LogP) is 3.43. The second kappa shape index (κ2) is 7.00. The lowest BCUT2D eigenvalue weighted by Gasteiger charge is -2.15. The van der Waals surface area contributed by atoms with Gasteiger partial charge in [-0.25, -0.2) is 4.98 Å². The van der Waals surface area contributed by atoms with Crippen LogP contribution in [0, 0.1) is 5.41 Å². The number of methoxy groups -OCH3 is 1. The van der Waals surface area contributed by atoms with Gasteiger partial charge in [0.25, 0.3) is 0 Å². The summed E-state index contributed by atoms with van der Waals surface area (Å²) in [5.41, 5.74) is 0.785. The molecule has 0 saturated heterocycles. The summed E-state index contributed by atoms with van der Waals surface area (Å²) in [5.74, 6) is -0.406. The third kappa shape index (κ3) is 4.32. The number of carboxylic acid groups (broad SMARTS) is 1. The topological polar surface area (TPSA) is 88.5 Å². The fourth-order valence-electron chi connectivity index (χ4n) is 1.92. The van der Waals surface area contributed by atoms with Crippen LogP contribution in [-0.4, -0.2) is 29.1 Å². The van der Waals surface area contributed by atoms with Crippen LogP contribution in [-0.2, 0) is 16.0 Å². The minimum absolute atomic E-state index is 0.148. The van der Waals surface area contributed by atoms with Crippen LogP contribution in [0.1, 0.15) is 25.6 Å². The zero-order valence-electron chi connectivity index (χ0n) is 14.0. The normalized spacial score (nSPS) is 11.2. The molecule has 0 unspecified atom stereocenters. The van der Waals surface area contributed by atoms with E-state index in [2.05, 4.69) is 10.3 Å². The first-order chi connectivity index (χ1) is 11.2. The third-order valence-electron chi connectivity index (χ3n) is 3.27. The molecule has 2 N–H and O–H groups in total. The van der Waals surface area contributed by atoms with Gasteiger partial charge in [-0.3, -0.25) is 9.59 Å². The molecule has 0 radical (unpaired) electrons. The van der Waals surface area contributed by atoms with Crippen LogP contribution >= 0.6 is 11.3 Å². The van der Waals surface area contributed by atoms with Crippen molar-refractivity contribution >= 4 is 28.3 Å². The summed E-state index contributed by atoms with van der Waals surface area (Å²) in [6.07, 6.45) is -0.148. The number of nitrogens with zero attached hydrogens (tertiary/aromatic N) is 1. The van der Waals surface area contributed by atoms with Crippen molar-refractivity contribution in [2.75, 3.05) is 12.4 Å². The number of ether oxygens (including phenoxy) is 1. The van der Waals surface area contributed by atoms with Gasteiger partial charge in [-0.05, 0) is 24.3 Å². The molecule has 128 valence electrons. The Balaban J connectivity index is 2.37. The first kappa shape index (κ1) is 17.9. The summed E-state index contributed by atoms with van der Waals surface area (Å²) >= 11 is 1.18. The lowest BCUT2D eigenvalue weighted by molar-refractivity contribution is -0.136. The highest BCUT2D eigenvalue weighted by Crippen LogP contribution is 2.33. The molecule has 0 aliphatic rings. The number of amides is 1. The number of carboxylic acids is 1. The van der Waals surface area contributed by atoms with E-state index in [0.717, 1.165) is 5.56 Å². The average molecular weight is 348 g/mol. The van der Waals surface area contributed by atoms with Crippen molar-refractivity contribution in [3.8, 4) is 17.0 Å². The van der Waals surface area contributed by atoms with Crippen LogP contribution in [0.4, 0.5) is 5.13 Å². The van der Waals surface area contributed by atoms with Crippen molar-refractivity contribution in [1.29, 1.82) is 0 Å². The largest absolute Gasteiger partial charge is 0.497 e. The van der Waals surface area contributed by atoms with Gasteiger partial charge in [-0.1, -0.05) is 20.8 Å². The van der Waals surface area contributed by atoms with E-state index >= 15 is 0 Å². The standard InChI is InChI=1S/C17H20N2O4S/c1-17(2,3)15(22)19-16-18-14(12(24-16)9-13(20)21)10-5-7-11(23-4)8-6-10/h5-8H,9H2,1-4H3,(H,20,21)(H,18,19,22). The first-order valence-electron chi connectivity index (χ1n) is 7.38. The number of hydrogen-bond donors (Lipinski definition) is 2. The molecule has 2 rings (SSSR count). The third-order valence-corrected chi connectivity index (χ3v) is 4.25. The van der Waals surface area contributed by atoms with Crippen molar-refractivity contribution in [3.05, 3.63) is 29.1 Å². The Morgan fingerprint density at radius 3 is 2.38 bits per heavy atom. The molecule has 1 heterocycles. The quantitative estimate of drug-likeness (QED) is 0.864. The highest BCUT2D eigenvalue weighted by molar-refractivity contribution is 7.16. The maximum Gasteiger partial charge on any atom is 0.308 e. The summed E-state index contributed by atoms with van der Waals surface area (Å²) in [4.78, 5) is 28.3. The van der Waals surface area contributed by atoms with Gasteiger partial charge in [0.05, 0.1) is 19.2 Å². The molecule has 0 fully saturated rings. The minimum Gasteiger partial charge on any atom is -0.497 e. The van der Waals surface area contributed by atoms with Crippen molar-refractivity contribution in [2.24, 2.45) is 5.41 Å².